The molecule has 3 rings (SSSR count). The predicted octanol–water partition coefficient (Wildman–Crippen LogP) is 3.17. The third kappa shape index (κ3) is 3.03. The average Bonchev–Trinajstić information content (AvgIpc) is 2.71. The third-order valence-corrected chi connectivity index (χ3v) is 3.78. The van der Waals surface area contributed by atoms with Gasteiger partial charge >= 0.3 is 6.09 Å². The van der Waals surface area contributed by atoms with E-state index in [1.807, 2.05) is 30.3 Å². The molecule has 0 saturated heterocycles. The second kappa shape index (κ2) is 6.62. The van der Waals surface area contributed by atoms with Gasteiger partial charge < -0.3 is 14.6 Å². The van der Waals surface area contributed by atoms with Gasteiger partial charge in [-0.2, -0.15) is 0 Å². The van der Waals surface area contributed by atoms with Gasteiger partial charge in [-0.15, -0.1) is 0 Å². The zero-order chi connectivity index (χ0) is 17.1. The fraction of sp³-hybridized carbons (Fsp3) is 0.222. The Bertz CT molecular complexity index is 759. The molecule has 6 heteroatoms. The first-order valence-corrected chi connectivity index (χ1v) is 7.57. The van der Waals surface area contributed by atoms with Crippen LogP contribution >= 0.6 is 0 Å². The lowest BCUT2D eigenvalue weighted by molar-refractivity contribution is 0.0660. The Morgan fingerprint density at radius 2 is 2.00 bits per heavy atom. The summed E-state index contributed by atoms with van der Waals surface area (Å²) in [6, 6.07) is 13.9. The highest BCUT2D eigenvalue weighted by molar-refractivity contribution is 6.06. The second-order valence-corrected chi connectivity index (χ2v) is 5.52. The molecule has 0 bridgehead atoms. The molecule has 6 nitrogen and oxygen atoms in total. The Morgan fingerprint density at radius 1 is 1.25 bits per heavy atom. The molecule has 2 aromatic carbocycles. The molecule has 1 aliphatic heterocycles. The topological polar surface area (TPSA) is 76.1 Å². The highest BCUT2D eigenvalue weighted by Crippen LogP contribution is 2.33. The van der Waals surface area contributed by atoms with E-state index in [-0.39, 0.29) is 18.8 Å². The number of rotatable bonds is 3. The number of carbonyl (C=O) groups excluding carboxylic acids is 1. The number of hydrogen-bond donors (Lipinski definition) is 1. The lowest BCUT2D eigenvalue weighted by atomic mass is 10.1. The molecule has 0 aliphatic carbocycles. The fourth-order valence-electron chi connectivity index (χ4n) is 2.58. The number of ether oxygens (including phenoxy) is 2. The van der Waals surface area contributed by atoms with Gasteiger partial charge in [-0.25, -0.2) is 9.69 Å². The summed E-state index contributed by atoms with van der Waals surface area (Å²) in [6.07, 6.45) is -1.30. The lowest BCUT2D eigenvalue weighted by Gasteiger charge is -2.21. The molecule has 0 fully saturated rings. The Labute approximate surface area is 139 Å². The molecule has 1 unspecified atom stereocenters. The van der Waals surface area contributed by atoms with E-state index in [0.29, 0.717) is 11.5 Å². The van der Waals surface area contributed by atoms with E-state index in [4.69, 9.17) is 9.47 Å². The number of benzene rings is 2. The largest absolute Gasteiger partial charge is 0.490 e. The van der Waals surface area contributed by atoms with Crippen LogP contribution in [0.4, 0.5) is 4.79 Å². The Balaban J connectivity index is 1.93. The van der Waals surface area contributed by atoms with Crippen LogP contribution in [0.3, 0.4) is 0 Å². The highest BCUT2D eigenvalue weighted by Gasteiger charge is 2.35. The summed E-state index contributed by atoms with van der Waals surface area (Å²) in [7, 11) is 0. The van der Waals surface area contributed by atoms with Crippen LogP contribution < -0.4 is 9.47 Å². The standard InChI is InChI=1S/C18H17NO5/c1-12-10-23-14-8-5-9-15(16(14)17(20)19(12)18(21)22)24-11-13-6-3-2-4-7-13/h2-9,12H,10-11H2,1H3,(H,21,22). The Hall–Kier alpha value is -3.02. The van der Waals surface area contributed by atoms with E-state index in [0.717, 1.165) is 10.5 Å². The minimum absolute atomic E-state index is 0.104. The van der Waals surface area contributed by atoms with Crippen molar-refractivity contribution in [3.63, 3.8) is 0 Å². The van der Waals surface area contributed by atoms with Crippen LogP contribution in [-0.2, 0) is 6.61 Å². The summed E-state index contributed by atoms with van der Waals surface area (Å²) < 4.78 is 11.4. The van der Waals surface area contributed by atoms with E-state index in [9.17, 15) is 14.7 Å². The Kier molecular flexibility index (Phi) is 4.37. The minimum Gasteiger partial charge on any atom is -0.490 e. The smallest absolute Gasteiger partial charge is 0.414 e. The molecule has 0 spiro atoms. The molecular formula is C18H17NO5. The van der Waals surface area contributed by atoms with Gasteiger partial charge in [0.25, 0.3) is 5.91 Å². The van der Waals surface area contributed by atoms with E-state index in [2.05, 4.69) is 0 Å². The summed E-state index contributed by atoms with van der Waals surface area (Å²) in [4.78, 5) is 24.9. The number of amides is 2. The van der Waals surface area contributed by atoms with Crippen molar-refractivity contribution < 1.29 is 24.2 Å². The van der Waals surface area contributed by atoms with Crippen molar-refractivity contribution >= 4 is 12.0 Å². The van der Waals surface area contributed by atoms with Gasteiger partial charge in [0.05, 0.1) is 6.04 Å². The van der Waals surface area contributed by atoms with Crippen LogP contribution in [0.15, 0.2) is 48.5 Å². The number of hydrogen-bond acceptors (Lipinski definition) is 4. The molecular weight excluding hydrogens is 310 g/mol. The van der Waals surface area contributed by atoms with Gasteiger partial charge in [0, 0.05) is 0 Å². The van der Waals surface area contributed by atoms with Crippen LogP contribution in [0.2, 0.25) is 0 Å². The summed E-state index contributed by atoms with van der Waals surface area (Å²) >= 11 is 0. The van der Waals surface area contributed by atoms with Gasteiger partial charge in [-0.1, -0.05) is 36.4 Å². The molecule has 1 N–H and O–H groups in total. The van der Waals surface area contributed by atoms with Crippen molar-refractivity contribution in [2.45, 2.75) is 19.6 Å². The second-order valence-electron chi connectivity index (χ2n) is 5.52. The van der Waals surface area contributed by atoms with Gasteiger partial charge in [0.15, 0.2) is 0 Å². The predicted molar refractivity (Wildman–Crippen MR) is 86.4 cm³/mol. The molecule has 0 saturated carbocycles. The first-order valence-electron chi connectivity index (χ1n) is 7.57. The van der Waals surface area contributed by atoms with E-state index < -0.39 is 18.0 Å². The van der Waals surface area contributed by atoms with Crippen molar-refractivity contribution in [1.82, 2.24) is 4.90 Å². The zero-order valence-corrected chi connectivity index (χ0v) is 13.1. The van der Waals surface area contributed by atoms with Crippen LogP contribution in [0, 0.1) is 0 Å². The van der Waals surface area contributed by atoms with Crippen LogP contribution in [0.25, 0.3) is 0 Å². The first kappa shape index (κ1) is 15.9. The number of fused-ring (bicyclic) bond motifs is 1. The van der Waals surface area contributed by atoms with E-state index in [1.54, 1.807) is 25.1 Å². The van der Waals surface area contributed by atoms with Gasteiger partial charge in [0.2, 0.25) is 0 Å². The zero-order valence-electron chi connectivity index (χ0n) is 13.1. The van der Waals surface area contributed by atoms with Crippen molar-refractivity contribution in [2.24, 2.45) is 0 Å². The van der Waals surface area contributed by atoms with E-state index in [1.165, 1.54) is 0 Å². The van der Waals surface area contributed by atoms with Crippen LogP contribution in [0.5, 0.6) is 11.5 Å². The monoisotopic (exact) mass is 327 g/mol. The third-order valence-electron chi connectivity index (χ3n) is 3.78. The molecule has 2 aromatic rings. The van der Waals surface area contributed by atoms with Crippen molar-refractivity contribution in [3.8, 4) is 11.5 Å². The molecule has 0 radical (unpaired) electrons. The van der Waals surface area contributed by atoms with Crippen molar-refractivity contribution in [3.05, 3.63) is 59.7 Å². The van der Waals surface area contributed by atoms with Crippen molar-refractivity contribution in [2.75, 3.05) is 6.61 Å². The number of carbonyl (C=O) groups is 2. The molecule has 1 heterocycles. The first-order chi connectivity index (χ1) is 11.6. The van der Waals surface area contributed by atoms with E-state index >= 15 is 0 Å². The minimum atomic E-state index is -1.30. The van der Waals surface area contributed by atoms with Gasteiger partial charge in [-0.3, -0.25) is 4.79 Å². The van der Waals surface area contributed by atoms with Gasteiger partial charge in [0.1, 0.15) is 30.3 Å². The average molecular weight is 327 g/mol. The summed E-state index contributed by atoms with van der Waals surface area (Å²) in [5, 5.41) is 9.34. The molecule has 124 valence electrons. The summed E-state index contributed by atoms with van der Waals surface area (Å²) in [5.74, 6) is 0.00836. The molecule has 1 aliphatic rings. The quantitative estimate of drug-likeness (QED) is 0.937. The number of carboxylic acid groups (broad SMARTS) is 1. The van der Waals surface area contributed by atoms with Crippen LogP contribution in [0.1, 0.15) is 22.8 Å². The normalized spacial score (nSPS) is 16.8. The fourth-order valence-corrected chi connectivity index (χ4v) is 2.58. The number of imide groups is 1. The molecule has 24 heavy (non-hydrogen) atoms. The Morgan fingerprint density at radius 3 is 2.71 bits per heavy atom. The summed E-state index contributed by atoms with van der Waals surface area (Å²) in [6.45, 7) is 2.00. The molecule has 2 amide bonds. The molecule has 1 atom stereocenters. The summed E-state index contributed by atoms with van der Waals surface area (Å²) in [5.41, 5.74) is 1.08. The SMILES string of the molecule is CC1COc2cccc(OCc3ccccc3)c2C(=O)N1C(=O)O. The van der Waals surface area contributed by atoms with Gasteiger partial charge in [-0.05, 0) is 24.6 Å². The highest BCUT2D eigenvalue weighted by atomic mass is 16.5. The maximum absolute atomic E-state index is 12.7. The number of nitrogens with zero attached hydrogens (tertiary/aromatic N) is 1. The maximum atomic E-state index is 12.7. The maximum Gasteiger partial charge on any atom is 0.414 e. The lowest BCUT2D eigenvalue weighted by Crippen LogP contribution is -2.43. The van der Waals surface area contributed by atoms with Crippen LogP contribution in [-0.4, -0.2) is 34.7 Å². The van der Waals surface area contributed by atoms with Crippen molar-refractivity contribution in [1.29, 1.82) is 0 Å². The molecule has 0 aromatic heterocycles.